The van der Waals surface area contributed by atoms with E-state index in [9.17, 15) is 4.39 Å². The quantitative estimate of drug-likeness (QED) is 0.914. The fourth-order valence-electron chi connectivity index (χ4n) is 4.04. The Morgan fingerprint density at radius 1 is 1.33 bits per heavy atom. The summed E-state index contributed by atoms with van der Waals surface area (Å²) in [4.78, 5) is 2.69. The molecule has 0 bridgehead atoms. The van der Waals surface area contributed by atoms with E-state index in [0.29, 0.717) is 11.6 Å². The molecule has 2 aliphatic rings. The van der Waals surface area contributed by atoms with Crippen LogP contribution in [0.3, 0.4) is 0 Å². The Morgan fingerprint density at radius 2 is 2.10 bits per heavy atom. The summed E-state index contributed by atoms with van der Waals surface area (Å²) in [6, 6.07) is 5.83. The van der Waals surface area contributed by atoms with Crippen LogP contribution in [0.1, 0.15) is 50.2 Å². The van der Waals surface area contributed by atoms with Gasteiger partial charge in [-0.15, -0.1) is 0 Å². The first kappa shape index (κ1) is 15.0. The number of nitrogens with zero attached hydrogens (tertiary/aromatic N) is 1. The summed E-state index contributed by atoms with van der Waals surface area (Å²) < 4.78 is 13.3. The number of benzene rings is 1. The maximum Gasteiger partial charge on any atom is 0.123 e. The van der Waals surface area contributed by atoms with Crippen LogP contribution in [0.5, 0.6) is 0 Å². The molecule has 1 spiro atoms. The second-order valence-electron chi connectivity index (χ2n) is 6.87. The van der Waals surface area contributed by atoms with Crippen molar-refractivity contribution in [2.24, 2.45) is 0 Å². The van der Waals surface area contributed by atoms with Crippen molar-refractivity contribution in [3.63, 3.8) is 0 Å². The Balaban J connectivity index is 1.81. The molecule has 1 atom stereocenters. The molecule has 0 radical (unpaired) electrons. The topological polar surface area (TPSA) is 15.3 Å². The predicted molar refractivity (Wildman–Crippen MR) is 84.8 cm³/mol. The van der Waals surface area contributed by atoms with Gasteiger partial charge < -0.3 is 5.32 Å². The van der Waals surface area contributed by atoms with Crippen LogP contribution in [0.2, 0.25) is 0 Å². The van der Waals surface area contributed by atoms with Crippen LogP contribution in [0.4, 0.5) is 4.39 Å². The average molecular weight is 290 g/mol. The van der Waals surface area contributed by atoms with Crippen LogP contribution in [0, 0.1) is 12.7 Å². The molecule has 2 nitrogen and oxygen atoms in total. The molecule has 1 aromatic rings. The molecule has 3 rings (SSSR count). The van der Waals surface area contributed by atoms with E-state index in [1.807, 2.05) is 13.0 Å². The van der Waals surface area contributed by atoms with Crippen molar-refractivity contribution >= 4 is 0 Å². The van der Waals surface area contributed by atoms with Gasteiger partial charge >= 0.3 is 0 Å². The van der Waals surface area contributed by atoms with Gasteiger partial charge in [-0.1, -0.05) is 25.8 Å². The van der Waals surface area contributed by atoms with E-state index in [0.717, 1.165) is 25.2 Å². The predicted octanol–water partition coefficient (Wildman–Crippen LogP) is 3.63. The van der Waals surface area contributed by atoms with Crippen LogP contribution < -0.4 is 5.32 Å². The number of piperazine rings is 1. The number of rotatable bonds is 3. The zero-order valence-electron chi connectivity index (χ0n) is 13.3. The molecule has 3 heteroatoms. The zero-order chi connectivity index (χ0) is 14.9. The highest BCUT2D eigenvalue weighted by Gasteiger charge is 2.43. The molecule has 21 heavy (non-hydrogen) atoms. The van der Waals surface area contributed by atoms with Gasteiger partial charge in [0.1, 0.15) is 5.82 Å². The van der Waals surface area contributed by atoms with Gasteiger partial charge in [-0.3, -0.25) is 4.90 Å². The third kappa shape index (κ3) is 3.00. The SMILES string of the molecule is CCC1CN(Cc2ccc(F)cc2C)C2(CCCC2)CN1. The van der Waals surface area contributed by atoms with Gasteiger partial charge in [-0.2, -0.15) is 0 Å². The summed E-state index contributed by atoms with van der Waals surface area (Å²) in [6.07, 6.45) is 6.47. The van der Waals surface area contributed by atoms with Crippen LogP contribution in [-0.4, -0.2) is 29.6 Å². The first-order valence-electron chi connectivity index (χ1n) is 8.36. The Kier molecular flexibility index (Phi) is 4.32. The second kappa shape index (κ2) is 6.05. The van der Waals surface area contributed by atoms with E-state index in [1.54, 1.807) is 12.1 Å². The molecule has 1 aliphatic heterocycles. The smallest absolute Gasteiger partial charge is 0.123 e. The molecular formula is C18H27FN2. The largest absolute Gasteiger partial charge is 0.311 e. The van der Waals surface area contributed by atoms with Gasteiger partial charge in [0, 0.05) is 31.2 Å². The lowest BCUT2D eigenvalue weighted by atomic mass is 9.89. The van der Waals surface area contributed by atoms with Crippen molar-refractivity contribution in [3.05, 3.63) is 35.1 Å². The van der Waals surface area contributed by atoms with Crippen molar-refractivity contribution in [1.29, 1.82) is 0 Å². The highest BCUT2D eigenvalue weighted by molar-refractivity contribution is 5.27. The molecule has 2 fully saturated rings. The normalized spacial score (nSPS) is 25.6. The third-order valence-electron chi connectivity index (χ3n) is 5.52. The summed E-state index contributed by atoms with van der Waals surface area (Å²) in [5, 5.41) is 3.74. The number of nitrogens with one attached hydrogen (secondary N) is 1. The van der Waals surface area contributed by atoms with Crippen LogP contribution in [-0.2, 0) is 6.54 Å². The summed E-state index contributed by atoms with van der Waals surface area (Å²) in [5.74, 6) is -0.126. The monoisotopic (exact) mass is 290 g/mol. The highest BCUT2D eigenvalue weighted by Crippen LogP contribution is 2.38. The van der Waals surface area contributed by atoms with Crippen LogP contribution in [0.15, 0.2) is 18.2 Å². The first-order chi connectivity index (χ1) is 10.1. The minimum atomic E-state index is -0.126. The maximum absolute atomic E-state index is 13.3. The first-order valence-corrected chi connectivity index (χ1v) is 8.36. The molecule has 1 N–H and O–H groups in total. The van der Waals surface area contributed by atoms with E-state index in [2.05, 4.69) is 17.1 Å². The summed E-state index contributed by atoms with van der Waals surface area (Å²) >= 11 is 0. The molecule has 1 aromatic carbocycles. The van der Waals surface area contributed by atoms with E-state index in [4.69, 9.17) is 0 Å². The van der Waals surface area contributed by atoms with Crippen LogP contribution in [0.25, 0.3) is 0 Å². The van der Waals surface area contributed by atoms with Gasteiger partial charge in [-0.25, -0.2) is 4.39 Å². The lowest BCUT2D eigenvalue weighted by Gasteiger charge is -2.48. The van der Waals surface area contributed by atoms with Crippen molar-refractivity contribution in [3.8, 4) is 0 Å². The molecule has 1 unspecified atom stereocenters. The maximum atomic E-state index is 13.3. The summed E-state index contributed by atoms with van der Waals surface area (Å²) in [6.45, 7) is 7.48. The number of hydrogen-bond acceptors (Lipinski definition) is 2. The fourth-order valence-corrected chi connectivity index (χ4v) is 4.04. The minimum Gasteiger partial charge on any atom is -0.311 e. The number of aryl methyl sites for hydroxylation is 1. The Labute approximate surface area is 127 Å². The molecule has 1 saturated carbocycles. The Morgan fingerprint density at radius 3 is 2.76 bits per heavy atom. The molecule has 0 amide bonds. The van der Waals surface area contributed by atoms with Gasteiger partial charge in [0.2, 0.25) is 0 Å². The molecule has 1 saturated heterocycles. The van der Waals surface area contributed by atoms with Gasteiger partial charge in [0.15, 0.2) is 0 Å². The molecule has 116 valence electrons. The van der Waals surface area contributed by atoms with Crippen molar-refractivity contribution in [2.45, 2.75) is 64.1 Å². The average Bonchev–Trinajstić information content (AvgIpc) is 2.94. The molecule has 0 aromatic heterocycles. The van der Waals surface area contributed by atoms with E-state index in [-0.39, 0.29) is 5.82 Å². The zero-order valence-corrected chi connectivity index (χ0v) is 13.3. The molecular weight excluding hydrogens is 263 g/mol. The van der Waals surface area contributed by atoms with E-state index >= 15 is 0 Å². The fraction of sp³-hybridized carbons (Fsp3) is 0.667. The third-order valence-corrected chi connectivity index (χ3v) is 5.52. The standard InChI is InChI=1S/C18H27FN2/c1-3-17-12-21(18(13-20-17)8-4-5-9-18)11-15-6-7-16(19)10-14(15)2/h6-7,10,17,20H,3-5,8-9,11-13H2,1-2H3. The number of hydrogen-bond donors (Lipinski definition) is 1. The van der Waals surface area contributed by atoms with Crippen molar-refractivity contribution in [1.82, 2.24) is 10.2 Å². The van der Waals surface area contributed by atoms with Crippen molar-refractivity contribution in [2.75, 3.05) is 13.1 Å². The van der Waals surface area contributed by atoms with Crippen LogP contribution >= 0.6 is 0 Å². The molecule has 1 heterocycles. The molecule has 1 aliphatic carbocycles. The lowest BCUT2D eigenvalue weighted by molar-refractivity contribution is 0.0348. The van der Waals surface area contributed by atoms with E-state index < -0.39 is 0 Å². The summed E-state index contributed by atoms with van der Waals surface area (Å²) in [7, 11) is 0. The minimum absolute atomic E-state index is 0.126. The summed E-state index contributed by atoms with van der Waals surface area (Å²) in [5.41, 5.74) is 2.70. The Hall–Kier alpha value is -0.930. The van der Waals surface area contributed by atoms with Gasteiger partial charge in [-0.05, 0) is 49.4 Å². The highest BCUT2D eigenvalue weighted by atomic mass is 19.1. The van der Waals surface area contributed by atoms with Gasteiger partial charge in [0.25, 0.3) is 0 Å². The van der Waals surface area contributed by atoms with Crippen molar-refractivity contribution < 1.29 is 4.39 Å². The van der Waals surface area contributed by atoms with Gasteiger partial charge in [0.05, 0.1) is 0 Å². The number of halogens is 1. The Bertz CT molecular complexity index is 494. The van der Waals surface area contributed by atoms with E-state index in [1.165, 1.54) is 37.7 Å². The lowest BCUT2D eigenvalue weighted by Crippen LogP contribution is -2.63. The second-order valence-corrected chi connectivity index (χ2v) is 6.87.